The van der Waals surface area contributed by atoms with Gasteiger partial charge >= 0.3 is 6.34 Å². The SMILES string of the molecule is Nc1ccccc1C1=C[NH2+]C=[NH+]1.[Cl-].[Cl-]. The fraction of sp³-hybridized carbons (Fsp3) is 0. The molecule has 1 aromatic carbocycles. The second-order valence-corrected chi connectivity index (χ2v) is 2.67. The van der Waals surface area contributed by atoms with Crippen molar-refractivity contribution in [1.82, 2.24) is 0 Å². The molecule has 0 saturated heterocycles. The van der Waals surface area contributed by atoms with Gasteiger partial charge in [0.2, 0.25) is 0 Å². The van der Waals surface area contributed by atoms with E-state index in [0.29, 0.717) is 0 Å². The van der Waals surface area contributed by atoms with Crippen molar-refractivity contribution in [3.63, 3.8) is 0 Å². The normalized spacial score (nSPS) is 12.7. The molecule has 1 aliphatic rings. The molecule has 0 aromatic heterocycles. The number of nitrogens with one attached hydrogen (secondary N) is 1. The molecule has 5 N–H and O–H groups in total. The molecular formula is C9H11Cl2N3. The standard InChI is InChI=1S/C9H9N3.2ClH/c10-8-4-2-1-3-7(8)9-5-11-6-12-9;;/h1-6H,10H2,(H,11,12);2*1H. The number of nitrogen functional groups attached to an aromatic ring is 1. The van der Waals surface area contributed by atoms with E-state index in [4.69, 9.17) is 5.73 Å². The molecule has 1 aromatic rings. The minimum absolute atomic E-state index is 0. The van der Waals surface area contributed by atoms with Crippen LogP contribution in [0.2, 0.25) is 0 Å². The lowest BCUT2D eigenvalue weighted by Crippen LogP contribution is -3.00. The highest BCUT2D eigenvalue weighted by atomic mass is 35.5. The molecular weight excluding hydrogens is 221 g/mol. The summed E-state index contributed by atoms with van der Waals surface area (Å²) in [5, 5.41) is 1.96. The van der Waals surface area contributed by atoms with Crippen LogP contribution in [0.1, 0.15) is 5.56 Å². The first kappa shape index (κ1) is 13.0. The fourth-order valence-electron chi connectivity index (χ4n) is 1.24. The Hall–Kier alpha value is -1.03. The van der Waals surface area contributed by atoms with Gasteiger partial charge in [-0.3, -0.25) is 0 Å². The largest absolute Gasteiger partial charge is 1.00 e. The molecule has 0 saturated carbocycles. The molecule has 0 atom stereocenters. The van der Waals surface area contributed by atoms with Crippen molar-refractivity contribution in [2.24, 2.45) is 0 Å². The third-order valence-electron chi connectivity index (χ3n) is 1.85. The molecule has 0 radical (unpaired) electrons. The van der Waals surface area contributed by atoms with Crippen molar-refractivity contribution in [1.29, 1.82) is 0 Å². The molecule has 0 unspecified atom stereocenters. The number of rotatable bonds is 1. The Kier molecular flexibility index (Phi) is 5.23. The lowest BCUT2D eigenvalue weighted by atomic mass is 10.1. The van der Waals surface area contributed by atoms with Crippen LogP contribution < -0.4 is 40.9 Å². The molecule has 0 fully saturated rings. The Morgan fingerprint density at radius 2 is 1.86 bits per heavy atom. The monoisotopic (exact) mass is 231 g/mol. The fourth-order valence-corrected chi connectivity index (χ4v) is 1.24. The van der Waals surface area contributed by atoms with Gasteiger partial charge in [0.1, 0.15) is 0 Å². The van der Waals surface area contributed by atoms with Crippen LogP contribution in [0.25, 0.3) is 5.70 Å². The molecule has 0 spiro atoms. The van der Waals surface area contributed by atoms with E-state index in [0.717, 1.165) is 16.9 Å². The van der Waals surface area contributed by atoms with E-state index >= 15 is 0 Å². The van der Waals surface area contributed by atoms with Crippen LogP contribution in [0, 0.1) is 0 Å². The first-order chi connectivity index (χ1) is 5.88. The second-order valence-electron chi connectivity index (χ2n) is 2.67. The van der Waals surface area contributed by atoms with Crippen LogP contribution in [-0.4, -0.2) is 6.34 Å². The van der Waals surface area contributed by atoms with E-state index in [1.807, 2.05) is 42.1 Å². The van der Waals surface area contributed by atoms with Gasteiger partial charge in [-0.15, -0.1) is 0 Å². The van der Waals surface area contributed by atoms with Gasteiger partial charge < -0.3 is 30.5 Å². The Bertz CT molecular complexity index is 361. The quantitative estimate of drug-likeness (QED) is 0.414. The van der Waals surface area contributed by atoms with Crippen molar-refractivity contribution < 1.29 is 35.1 Å². The zero-order valence-corrected chi connectivity index (χ0v) is 8.89. The van der Waals surface area contributed by atoms with Gasteiger partial charge in [-0.25, -0.2) is 5.32 Å². The molecule has 0 bridgehead atoms. The number of anilines is 1. The van der Waals surface area contributed by atoms with Gasteiger partial charge in [-0.1, -0.05) is 12.1 Å². The summed E-state index contributed by atoms with van der Waals surface area (Å²) in [5.41, 5.74) is 8.72. The van der Waals surface area contributed by atoms with Crippen LogP contribution in [0.3, 0.4) is 0 Å². The zero-order chi connectivity index (χ0) is 8.39. The van der Waals surface area contributed by atoms with Crippen molar-refractivity contribution >= 4 is 17.7 Å². The summed E-state index contributed by atoms with van der Waals surface area (Å²) in [6.07, 6.45) is 3.90. The highest BCUT2D eigenvalue weighted by molar-refractivity contribution is 5.70. The van der Waals surface area contributed by atoms with Crippen molar-refractivity contribution in [2.75, 3.05) is 5.73 Å². The van der Waals surface area contributed by atoms with Crippen LogP contribution in [-0.2, 0) is 0 Å². The number of hydrogen-bond acceptors (Lipinski definition) is 1. The maximum absolute atomic E-state index is 5.79. The van der Waals surface area contributed by atoms with Gasteiger partial charge in [0.05, 0.1) is 5.56 Å². The molecule has 0 aliphatic carbocycles. The second kappa shape index (κ2) is 5.65. The third-order valence-corrected chi connectivity index (χ3v) is 1.85. The van der Waals surface area contributed by atoms with Gasteiger partial charge in [-0.2, -0.15) is 4.99 Å². The van der Waals surface area contributed by atoms with Crippen molar-refractivity contribution in [3.8, 4) is 0 Å². The van der Waals surface area contributed by atoms with Gasteiger partial charge in [0.15, 0.2) is 6.20 Å². The van der Waals surface area contributed by atoms with Crippen molar-refractivity contribution in [3.05, 3.63) is 36.0 Å². The zero-order valence-electron chi connectivity index (χ0n) is 7.37. The Balaban J connectivity index is 0.000000845. The average Bonchev–Trinajstić information content (AvgIpc) is 2.57. The van der Waals surface area contributed by atoms with E-state index in [-0.39, 0.29) is 24.8 Å². The predicted molar refractivity (Wildman–Crippen MR) is 47.8 cm³/mol. The van der Waals surface area contributed by atoms with E-state index in [1.165, 1.54) is 0 Å². The average molecular weight is 232 g/mol. The molecule has 5 heteroatoms. The van der Waals surface area contributed by atoms with Gasteiger partial charge in [0, 0.05) is 5.69 Å². The van der Waals surface area contributed by atoms with Crippen molar-refractivity contribution in [2.45, 2.75) is 0 Å². The molecule has 76 valence electrons. The number of hydrogen-bond donors (Lipinski definition) is 3. The van der Waals surface area contributed by atoms with Crippen LogP contribution in [0.15, 0.2) is 30.5 Å². The summed E-state index contributed by atoms with van der Waals surface area (Å²) in [7, 11) is 0. The topological polar surface area (TPSA) is 56.6 Å². The first-order valence-electron chi connectivity index (χ1n) is 3.86. The third kappa shape index (κ3) is 2.48. The summed E-state index contributed by atoms with van der Waals surface area (Å²) < 4.78 is 0. The summed E-state index contributed by atoms with van der Waals surface area (Å²) in [5.74, 6) is 0. The lowest BCUT2D eigenvalue weighted by Gasteiger charge is -1.96. The maximum Gasteiger partial charge on any atom is 0.332 e. The number of nitrogens with two attached hydrogens (primary N) is 2. The van der Waals surface area contributed by atoms with Crippen LogP contribution in [0.5, 0.6) is 0 Å². The molecule has 14 heavy (non-hydrogen) atoms. The molecule has 2 rings (SSSR count). The van der Waals surface area contributed by atoms with Gasteiger partial charge in [-0.05, 0) is 12.1 Å². The summed E-state index contributed by atoms with van der Waals surface area (Å²) in [4.78, 5) is 3.11. The Morgan fingerprint density at radius 1 is 1.14 bits per heavy atom. The van der Waals surface area contributed by atoms with Gasteiger partial charge in [0.25, 0.3) is 5.70 Å². The molecule has 0 amide bonds. The number of halogens is 2. The minimum atomic E-state index is 0. The first-order valence-corrected chi connectivity index (χ1v) is 3.86. The predicted octanol–water partition coefficient (Wildman–Crippen LogP) is -7.74. The minimum Gasteiger partial charge on any atom is -1.00 e. The Morgan fingerprint density at radius 3 is 2.43 bits per heavy atom. The maximum atomic E-state index is 5.79. The van der Waals surface area contributed by atoms with E-state index in [1.54, 1.807) is 0 Å². The number of quaternary nitrogens is 1. The smallest absolute Gasteiger partial charge is 0.332 e. The summed E-state index contributed by atoms with van der Waals surface area (Å²) >= 11 is 0. The Labute approximate surface area is 94.9 Å². The highest BCUT2D eigenvalue weighted by Gasteiger charge is 2.14. The highest BCUT2D eigenvalue weighted by Crippen LogP contribution is 2.14. The number of para-hydroxylation sites is 1. The summed E-state index contributed by atoms with van der Waals surface area (Å²) in [6.45, 7) is 0. The molecule has 1 heterocycles. The van der Waals surface area contributed by atoms with E-state index in [2.05, 4.69) is 4.99 Å². The molecule has 3 nitrogen and oxygen atoms in total. The lowest BCUT2D eigenvalue weighted by molar-refractivity contribution is -0.485. The van der Waals surface area contributed by atoms with Crippen LogP contribution in [0.4, 0.5) is 5.69 Å². The van der Waals surface area contributed by atoms with Crippen LogP contribution >= 0.6 is 0 Å². The van der Waals surface area contributed by atoms with E-state index < -0.39 is 0 Å². The number of benzene rings is 1. The molecule has 1 aliphatic heterocycles. The summed E-state index contributed by atoms with van der Waals surface area (Å²) in [6, 6.07) is 7.81. The van der Waals surface area contributed by atoms with E-state index in [9.17, 15) is 0 Å².